The highest BCUT2D eigenvalue weighted by Crippen LogP contribution is 2.18. The van der Waals surface area contributed by atoms with Crippen molar-refractivity contribution in [3.05, 3.63) is 24.3 Å². The second-order valence-electron chi connectivity index (χ2n) is 3.70. The Morgan fingerprint density at radius 1 is 1.38 bits per heavy atom. The Morgan fingerprint density at radius 3 is 2.62 bits per heavy atom. The first-order valence-electron chi connectivity index (χ1n) is 4.95. The van der Waals surface area contributed by atoms with Crippen LogP contribution in [-0.2, 0) is 4.79 Å². The molecule has 6 heteroatoms. The van der Waals surface area contributed by atoms with E-state index in [1.165, 1.54) is 23.6 Å². The van der Waals surface area contributed by atoms with Crippen LogP contribution in [0.5, 0.6) is 0 Å². The number of carbonyl (C=O) groups is 2. The summed E-state index contributed by atoms with van der Waals surface area (Å²) in [5.41, 5.74) is 0.397. The van der Waals surface area contributed by atoms with Crippen molar-refractivity contribution in [2.24, 2.45) is 5.92 Å². The minimum atomic E-state index is -0.848. The molecule has 1 aromatic rings. The van der Waals surface area contributed by atoms with E-state index in [0.29, 0.717) is 18.5 Å². The molecule has 0 radical (unpaired) electrons. The van der Waals surface area contributed by atoms with Gasteiger partial charge in [0.1, 0.15) is 6.33 Å². The first-order chi connectivity index (χ1) is 7.68. The summed E-state index contributed by atoms with van der Waals surface area (Å²) in [5, 5.41) is 8.82. The highest BCUT2D eigenvalue weighted by atomic mass is 16.4. The number of carbonyl (C=O) groups excluding carboxylic acids is 1. The van der Waals surface area contributed by atoms with Gasteiger partial charge in [-0.2, -0.15) is 0 Å². The van der Waals surface area contributed by atoms with Crippen LogP contribution in [-0.4, -0.2) is 44.9 Å². The van der Waals surface area contributed by atoms with E-state index in [4.69, 9.17) is 5.11 Å². The van der Waals surface area contributed by atoms with Crippen molar-refractivity contribution in [2.45, 2.75) is 6.42 Å². The zero-order valence-electron chi connectivity index (χ0n) is 8.54. The lowest BCUT2D eigenvalue weighted by Gasteiger charge is -2.14. The maximum absolute atomic E-state index is 11.9. The van der Waals surface area contributed by atoms with Crippen LogP contribution in [0.15, 0.2) is 18.7 Å². The first-order valence-corrected chi connectivity index (χ1v) is 4.95. The number of likely N-dealkylation sites (tertiary alicyclic amines) is 1. The number of nitrogens with zero attached hydrogens (tertiary/aromatic N) is 3. The zero-order valence-corrected chi connectivity index (χ0v) is 8.54. The van der Waals surface area contributed by atoms with Crippen LogP contribution in [0.25, 0.3) is 0 Å². The molecule has 1 atom stereocenters. The van der Waals surface area contributed by atoms with Gasteiger partial charge in [0.25, 0.3) is 5.91 Å². The zero-order chi connectivity index (χ0) is 11.5. The van der Waals surface area contributed by atoms with E-state index < -0.39 is 11.9 Å². The van der Waals surface area contributed by atoms with E-state index in [9.17, 15) is 9.59 Å². The SMILES string of the molecule is O=C(O)C1CCN(C(=O)c2cncnc2)C1. The van der Waals surface area contributed by atoms with Crippen molar-refractivity contribution < 1.29 is 14.7 Å². The van der Waals surface area contributed by atoms with Gasteiger partial charge in [0.15, 0.2) is 0 Å². The number of aliphatic carboxylic acids is 1. The molecule has 1 unspecified atom stereocenters. The first kappa shape index (κ1) is 10.5. The summed E-state index contributed by atoms with van der Waals surface area (Å²) in [7, 11) is 0. The maximum atomic E-state index is 11.9. The largest absolute Gasteiger partial charge is 0.481 e. The fourth-order valence-electron chi connectivity index (χ4n) is 1.74. The molecule has 1 aliphatic rings. The molecule has 0 aliphatic carbocycles. The van der Waals surface area contributed by atoms with Gasteiger partial charge >= 0.3 is 5.97 Å². The third-order valence-electron chi connectivity index (χ3n) is 2.63. The van der Waals surface area contributed by atoms with Gasteiger partial charge in [0.05, 0.1) is 11.5 Å². The smallest absolute Gasteiger partial charge is 0.308 e. The van der Waals surface area contributed by atoms with Gasteiger partial charge in [0, 0.05) is 25.5 Å². The van der Waals surface area contributed by atoms with E-state index in [1.54, 1.807) is 0 Å². The molecule has 1 N–H and O–H groups in total. The van der Waals surface area contributed by atoms with Crippen LogP contribution >= 0.6 is 0 Å². The van der Waals surface area contributed by atoms with Gasteiger partial charge < -0.3 is 10.0 Å². The van der Waals surface area contributed by atoms with Gasteiger partial charge in [-0.3, -0.25) is 9.59 Å². The molecule has 84 valence electrons. The molecule has 0 aromatic carbocycles. The average Bonchev–Trinajstić information content (AvgIpc) is 2.78. The quantitative estimate of drug-likeness (QED) is 0.761. The van der Waals surface area contributed by atoms with Crippen LogP contribution < -0.4 is 0 Å². The number of hydrogen-bond acceptors (Lipinski definition) is 4. The Balaban J connectivity index is 2.05. The fraction of sp³-hybridized carbons (Fsp3) is 0.400. The predicted octanol–water partition coefficient (Wildman–Crippen LogP) is 0.0233. The molecule has 0 saturated carbocycles. The van der Waals surface area contributed by atoms with Gasteiger partial charge in [-0.25, -0.2) is 9.97 Å². The second-order valence-corrected chi connectivity index (χ2v) is 3.70. The van der Waals surface area contributed by atoms with E-state index in [0.717, 1.165) is 0 Å². The fourth-order valence-corrected chi connectivity index (χ4v) is 1.74. The van der Waals surface area contributed by atoms with Crippen LogP contribution in [0.3, 0.4) is 0 Å². The minimum Gasteiger partial charge on any atom is -0.481 e. The number of amides is 1. The molecule has 2 heterocycles. The Bertz CT molecular complexity index is 407. The van der Waals surface area contributed by atoms with E-state index in [2.05, 4.69) is 9.97 Å². The lowest BCUT2D eigenvalue weighted by Crippen LogP contribution is -2.30. The standard InChI is InChI=1S/C10H11N3O3/c14-9(8-3-11-6-12-4-8)13-2-1-7(5-13)10(15)16/h3-4,6-7H,1-2,5H2,(H,15,16). The van der Waals surface area contributed by atoms with Crippen molar-refractivity contribution in [1.29, 1.82) is 0 Å². The molecule has 1 fully saturated rings. The third kappa shape index (κ3) is 2.00. The summed E-state index contributed by atoms with van der Waals surface area (Å²) in [6.07, 6.45) is 4.72. The molecule has 1 aliphatic heterocycles. The number of carboxylic acids is 1. The van der Waals surface area contributed by atoms with Crippen LogP contribution in [0.2, 0.25) is 0 Å². The second kappa shape index (κ2) is 4.26. The summed E-state index contributed by atoms with van der Waals surface area (Å²) in [6, 6.07) is 0. The molecule has 1 saturated heterocycles. The Hall–Kier alpha value is -1.98. The molecule has 1 aromatic heterocycles. The number of aromatic nitrogens is 2. The summed E-state index contributed by atoms with van der Waals surface area (Å²) in [4.78, 5) is 31.6. The van der Waals surface area contributed by atoms with Crippen molar-refractivity contribution in [2.75, 3.05) is 13.1 Å². The van der Waals surface area contributed by atoms with Crippen molar-refractivity contribution in [3.8, 4) is 0 Å². The van der Waals surface area contributed by atoms with Gasteiger partial charge in [-0.15, -0.1) is 0 Å². The topological polar surface area (TPSA) is 83.4 Å². The molecule has 0 spiro atoms. The Labute approximate surface area is 91.9 Å². The van der Waals surface area contributed by atoms with E-state index in [-0.39, 0.29) is 12.5 Å². The summed E-state index contributed by atoms with van der Waals surface area (Å²) in [6.45, 7) is 0.744. The number of carboxylic acid groups (broad SMARTS) is 1. The summed E-state index contributed by atoms with van der Waals surface area (Å²) >= 11 is 0. The lowest BCUT2D eigenvalue weighted by atomic mass is 10.1. The van der Waals surface area contributed by atoms with Crippen LogP contribution in [0, 0.1) is 5.92 Å². The van der Waals surface area contributed by atoms with Gasteiger partial charge in [-0.1, -0.05) is 0 Å². The van der Waals surface area contributed by atoms with E-state index in [1.807, 2.05) is 0 Å². The predicted molar refractivity (Wildman–Crippen MR) is 53.7 cm³/mol. The minimum absolute atomic E-state index is 0.204. The van der Waals surface area contributed by atoms with Crippen molar-refractivity contribution in [3.63, 3.8) is 0 Å². The average molecular weight is 221 g/mol. The number of hydrogen-bond donors (Lipinski definition) is 1. The van der Waals surface area contributed by atoms with Gasteiger partial charge in [-0.05, 0) is 6.42 Å². The molecular formula is C10H11N3O3. The summed E-state index contributed by atoms with van der Waals surface area (Å²) in [5.74, 6) is -1.50. The highest BCUT2D eigenvalue weighted by Gasteiger charge is 2.31. The molecular weight excluding hydrogens is 210 g/mol. The molecule has 2 rings (SSSR count). The normalized spacial score (nSPS) is 19.8. The van der Waals surface area contributed by atoms with Crippen molar-refractivity contribution in [1.82, 2.24) is 14.9 Å². The highest BCUT2D eigenvalue weighted by molar-refractivity contribution is 5.94. The molecule has 0 bridgehead atoms. The summed E-state index contributed by atoms with van der Waals surface area (Å²) < 4.78 is 0. The van der Waals surface area contributed by atoms with Crippen LogP contribution in [0.4, 0.5) is 0 Å². The van der Waals surface area contributed by atoms with Crippen molar-refractivity contribution >= 4 is 11.9 Å². The van der Waals surface area contributed by atoms with Crippen LogP contribution in [0.1, 0.15) is 16.8 Å². The number of rotatable bonds is 2. The lowest BCUT2D eigenvalue weighted by molar-refractivity contribution is -0.141. The molecule has 1 amide bonds. The third-order valence-corrected chi connectivity index (χ3v) is 2.63. The maximum Gasteiger partial charge on any atom is 0.308 e. The molecule has 6 nitrogen and oxygen atoms in total. The Morgan fingerprint density at radius 2 is 2.06 bits per heavy atom. The van der Waals surface area contributed by atoms with E-state index >= 15 is 0 Å². The molecule has 16 heavy (non-hydrogen) atoms. The van der Waals surface area contributed by atoms with Gasteiger partial charge in [0.2, 0.25) is 0 Å². The monoisotopic (exact) mass is 221 g/mol. The Kier molecular flexibility index (Phi) is 2.80.